The van der Waals surface area contributed by atoms with E-state index in [2.05, 4.69) is 11.3 Å². The lowest BCUT2D eigenvalue weighted by atomic mass is 9.95. The average molecular weight is 228 g/mol. The molecule has 0 N–H and O–H groups in total. The second kappa shape index (κ2) is 3.83. The van der Waals surface area contributed by atoms with Gasteiger partial charge in [0, 0.05) is 13.0 Å². The van der Waals surface area contributed by atoms with Crippen molar-refractivity contribution in [1.82, 2.24) is 0 Å². The van der Waals surface area contributed by atoms with Gasteiger partial charge in [-0.05, 0) is 13.8 Å². The Morgan fingerprint density at radius 1 is 1.20 bits per heavy atom. The van der Waals surface area contributed by atoms with Crippen LogP contribution in [0, 0.1) is 0 Å². The summed E-state index contributed by atoms with van der Waals surface area (Å²) in [6.45, 7) is 4.48. The Labute approximate surface area is 84.9 Å². The average Bonchev–Trinajstić information content (AvgIpc) is 2.00. The summed E-state index contributed by atoms with van der Waals surface area (Å²) in [4.78, 5) is 10.7. The second-order valence-corrected chi connectivity index (χ2v) is 3.60. The van der Waals surface area contributed by atoms with Gasteiger partial charge in [-0.15, -0.1) is 0 Å². The van der Waals surface area contributed by atoms with Gasteiger partial charge in [0.15, 0.2) is 5.60 Å². The summed E-state index contributed by atoms with van der Waals surface area (Å²) in [5.41, 5.74) is -2.60. The summed E-state index contributed by atoms with van der Waals surface area (Å²) in [7, 11) is 0. The smallest absolute Gasteiger partial charge is 0.347 e. The van der Waals surface area contributed by atoms with Crippen molar-refractivity contribution in [2.45, 2.75) is 38.2 Å². The van der Waals surface area contributed by atoms with Gasteiger partial charge in [-0.1, -0.05) is 6.58 Å². The lowest BCUT2D eigenvalue weighted by Crippen LogP contribution is -2.56. The van der Waals surface area contributed by atoms with Crippen molar-refractivity contribution in [2.75, 3.05) is 0 Å². The molecule has 0 bridgehead atoms. The van der Waals surface area contributed by atoms with E-state index >= 15 is 0 Å². The molecule has 0 radical (unpaired) electrons. The number of carbonyl (C=O) groups excluding carboxylic acids is 1. The molecule has 0 fully saturated rings. The Bertz CT molecular complexity index is 266. The highest BCUT2D eigenvalue weighted by atomic mass is 19.3. The van der Waals surface area contributed by atoms with Gasteiger partial charge in [0.1, 0.15) is 0 Å². The summed E-state index contributed by atoms with van der Waals surface area (Å²) in [5, 5.41) is 0. The zero-order chi connectivity index (χ0) is 12.5. The molecule has 0 amide bonds. The Morgan fingerprint density at radius 3 is 1.87 bits per heavy atom. The number of hydrogen-bond donors (Lipinski definition) is 0. The van der Waals surface area contributed by atoms with Gasteiger partial charge in [-0.25, -0.2) is 13.6 Å². The largest absolute Gasteiger partial charge is 0.450 e. The lowest BCUT2D eigenvalue weighted by molar-refractivity contribution is -0.279. The van der Waals surface area contributed by atoms with Gasteiger partial charge >= 0.3 is 17.8 Å². The number of ether oxygens (including phenoxy) is 1. The predicted molar refractivity (Wildman–Crippen MR) is 45.9 cm³/mol. The van der Waals surface area contributed by atoms with Crippen LogP contribution >= 0.6 is 0 Å². The molecule has 0 aromatic rings. The van der Waals surface area contributed by atoms with E-state index in [1.807, 2.05) is 0 Å². The number of halogens is 4. The molecule has 2 nitrogen and oxygen atoms in total. The molecule has 0 aliphatic carbocycles. The predicted octanol–water partition coefficient (Wildman–Crippen LogP) is 2.78. The minimum absolute atomic E-state index is 0.0660. The number of hydrogen-bond acceptors (Lipinski definition) is 2. The molecule has 15 heavy (non-hydrogen) atoms. The first-order valence-corrected chi connectivity index (χ1v) is 4.07. The van der Waals surface area contributed by atoms with Crippen molar-refractivity contribution in [3.63, 3.8) is 0 Å². The van der Waals surface area contributed by atoms with Crippen molar-refractivity contribution < 1.29 is 27.1 Å². The zero-order valence-corrected chi connectivity index (χ0v) is 8.61. The third-order valence-electron chi connectivity index (χ3n) is 1.83. The van der Waals surface area contributed by atoms with Crippen LogP contribution in [0.3, 0.4) is 0 Å². The SMILES string of the molecule is C=CC(=O)OC(C)(C)C(F)(F)C(C)(F)F. The number of rotatable bonds is 4. The Hall–Kier alpha value is -1.07. The molecule has 0 saturated carbocycles. The maximum atomic E-state index is 13.1. The zero-order valence-electron chi connectivity index (χ0n) is 8.61. The van der Waals surface area contributed by atoms with Gasteiger partial charge in [0.05, 0.1) is 0 Å². The third-order valence-corrected chi connectivity index (χ3v) is 1.83. The summed E-state index contributed by atoms with van der Waals surface area (Å²) in [6, 6.07) is 0. The number of esters is 1. The Morgan fingerprint density at radius 2 is 1.60 bits per heavy atom. The van der Waals surface area contributed by atoms with Crippen molar-refractivity contribution in [1.29, 1.82) is 0 Å². The van der Waals surface area contributed by atoms with E-state index in [9.17, 15) is 22.4 Å². The van der Waals surface area contributed by atoms with E-state index < -0.39 is 23.4 Å². The first kappa shape index (κ1) is 13.9. The maximum absolute atomic E-state index is 13.1. The lowest BCUT2D eigenvalue weighted by Gasteiger charge is -2.36. The van der Waals surface area contributed by atoms with Crippen LogP contribution in [-0.2, 0) is 9.53 Å². The molecule has 0 saturated heterocycles. The van der Waals surface area contributed by atoms with Gasteiger partial charge in [0.2, 0.25) is 0 Å². The molecule has 0 spiro atoms. The second-order valence-electron chi connectivity index (χ2n) is 3.60. The maximum Gasteiger partial charge on any atom is 0.347 e. The van der Waals surface area contributed by atoms with E-state index in [4.69, 9.17) is 0 Å². The van der Waals surface area contributed by atoms with Gasteiger partial charge < -0.3 is 4.74 Å². The first-order valence-electron chi connectivity index (χ1n) is 4.07. The summed E-state index contributed by atoms with van der Waals surface area (Å²) < 4.78 is 55.6. The summed E-state index contributed by atoms with van der Waals surface area (Å²) >= 11 is 0. The summed E-state index contributed by atoms with van der Waals surface area (Å²) in [5.74, 6) is -9.92. The number of alkyl halides is 4. The molecule has 88 valence electrons. The third kappa shape index (κ3) is 2.70. The normalized spacial score (nSPS) is 13.5. The molecule has 0 aromatic carbocycles. The van der Waals surface area contributed by atoms with E-state index in [1.54, 1.807) is 0 Å². The van der Waals surface area contributed by atoms with Crippen molar-refractivity contribution in [2.24, 2.45) is 0 Å². The molecule has 0 aliphatic rings. The topological polar surface area (TPSA) is 26.3 Å². The molecule has 0 heterocycles. The Kier molecular flexibility index (Phi) is 3.55. The fourth-order valence-corrected chi connectivity index (χ4v) is 0.886. The fourth-order valence-electron chi connectivity index (χ4n) is 0.886. The van der Waals surface area contributed by atoms with Gasteiger partial charge in [0.25, 0.3) is 0 Å². The monoisotopic (exact) mass is 228 g/mol. The fraction of sp³-hybridized carbons (Fsp3) is 0.667. The van der Waals surface area contributed by atoms with Gasteiger partial charge in [-0.3, -0.25) is 0 Å². The molecular weight excluding hydrogens is 216 g/mol. The molecule has 0 atom stereocenters. The first-order chi connectivity index (χ1) is 6.45. The van der Waals surface area contributed by atoms with Crippen LogP contribution in [0.2, 0.25) is 0 Å². The van der Waals surface area contributed by atoms with E-state index in [1.165, 1.54) is 0 Å². The quantitative estimate of drug-likeness (QED) is 0.420. The standard InChI is InChI=1S/C9H12F4O2/c1-5-6(14)15-7(2,3)9(12,13)8(4,10)11/h5H,1H2,2-4H3. The highest BCUT2D eigenvalue weighted by molar-refractivity contribution is 5.81. The molecule has 0 aromatic heterocycles. The van der Waals surface area contributed by atoms with Crippen molar-refractivity contribution in [3.05, 3.63) is 12.7 Å². The van der Waals surface area contributed by atoms with Crippen molar-refractivity contribution in [3.8, 4) is 0 Å². The molecular formula is C9H12F4O2. The van der Waals surface area contributed by atoms with Gasteiger partial charge in [-0.2, -0.15) is 8.78 Å². The van der Waals surface area contributed by atoms with Crippen LogP contribution in [0.5, 0.6) is 0 Å². The number of carbonyl (C=O) groups is 1. The van der Waals surface area contributed by atoms with Crippen LogP contribution in [0.4, 0.5) is 17.6 Å². The molecule has 0 unspecified atom stereocenters. The minimum atomic E-state index is -4.46. The highest BCUT2D eigenvalue weighted by Crippen LogP contribution is 2.43. The van der Waals surface area contributed by atoms with E-state index in [0.29, 0.717) is 19.9 Å². The molecule has 0 rings (SSSR count). The summed E-state index contributed by atoms with van der Waals surface area (Å²) in [6.07, 6.45) is 0.631. The van der Waals surface area contributed by atoms with Crippen LogP contribution in [0.15, 0.2) is 12.7 Å². The highest BCUT2D eigenvalue weighted by Gasteiger charge is 2.64. The van der Waals surface area contributed by atoms with E-state index in [0.717, 1.165) is 0 Å². The van der Waals surface area contributed by atoms with Crippen LogP contribution in [-0.4, -0.2) is 23.4 Å². The van der Waals surface area contributed by atoms with Crippen LogP contribution in [0.1, 0.15) is 20.8 Å². The van der Waals surface area contributed by atoms with Crippen LogP contribution in [0.25, 0.3) is 0 Å². The van der Waals surface area contributed by atoms with Crippen molar-refractivity contribution >= 4 is 5.97 Å². The minimum Gasteiger partial charge on any atom is -0.450 e. The van der Waals surface area contributed by atoms with Crippen LogP contribution < -0.4 is 0 Å². The Balaban J connectivity index is 5.01. The molecule has 6 heteroatoms. The molecule has 0 aliphatic heterocycles. The van der Waals surface area contributed by atoms with E-state index in [-0.39, 0.29) is 6.92 Å².